The summed E-state index contributed by atoms with van der Waals surface area (Å²) in [4.78, 5) is 26.2. The minimum atomic E-state index is -4.80. The summed E-state index contributed by atoms with van der Waals surface area (Å²) in [6, 6.07) is 10.0. The van der Waals surface area contributed by atoms with E-state index in [9.17, 15) is 28.1 Å². The minimum absolute atomic E-state index is 0.00307. The topological polar surface area (TPSA) is 78.7 Å². The molecule has 2 aromatic rings. The lowest BCUT2D eigenvalue weighted by molar-refractivity contribution is -0.384. The largest absolute Gasteiger partial charge is 0.418 e. The summed E-state index contributed by atoms with van der Waals surface area (Å²) in [5, 5.41) is 13.6. The zero-order chi connectivity index (χ0) is 21.9. The first kappa shape index (κ1) is 21.7. The van der Waals surface area contributed by atoms with E-state index in [1.54, 1.807) is 34.1 Å². The summed E-state index contributed by atoms with van der Waals surface area (Å²) in [7, 11) is 0. The number of para-hydroxylation sites is 1. The highest BCUT2D eigenvalue weighted by Crippen LogP contribution is 2.41. The highest BCUT2D eigenvalue weighted by molar-refractivity contribution is 6.31. The molecule has 3 rings (SSSR count). The predicted octanol–water partition coefficient (Wildman–Crippen LogP) is 5.01. The molecule has 1 heterocycles. The second-order valence-electron chi connectivity index (χ2n) is 6.70. The Bertz CT molecular complexity index is 941. The molecule has 0 aliphatic carbocycles. The summed E-state index contributed by atoms with van der Waals surface area (Å²) in [5.41, 5.74) is -1.29. The first-order valence-electron chi connectivity index (χ1n) is 9.08. The number of hydrogen-bond acceptors (Lipinski definition) is 4. The van der Waals surface area contributed by atoms with Gasteiger partial charge in [-0.1, -0.05) is 29.8 Å². The number of carbonyl (C=O) groups is 1. The minimum Gasteiger partial charge on any atom is -0.364 e. The van der Waals surface area contributed by atoms with Crippen LogP contribution in [0.15, 0.2) is 42.5 Å². The van der Waals surface area contributed by atoms with Crippen molar-refractivity contribution in [1.29, 1.82) is 0 Å². The van der Waals surface area contributed by atoms with Gasteiger partial charge in [-0.2, -0.15) is 13.2 Å². The number of nitrogens with zero attached hydrogens (tertiary/aromatic N) is 3. The summed E-state index contributed by atoms with van der Waals surface area (Å²) in [6.07, 6.45) is -4.32. The number of alkyl halides is 3. The van der Waals surface area contributed by atoms with Crippen LogP contribution < -0.4 is 10.2 Å². The Morgan fingerprint density at radius 2 is 1.80 bits per heavy atom. The fraction of sp³-hybridized carbons (Fsp3) is 0.316. The van der Waals surface area contributed by atoms with Crippen molar-refractivity contribution in [2.24, 2.45) is 0 Å². The lowest BCUT2D eigenvalue weighted by Gasteiger charge is -2.24. The average molecular weight is 443 g/mol. The number of halogens is 4. The van der Waals surface area contributed by atoms with Crippen LogP contribution in [-0.4, -0.2) is 42.0 Å². The van der Waals surface area contributed by atoms with Crippen LogP contribution in [0.1, 0.15) is 12.0 Å². The molecule has 1 aliphatic rings. The molecule has 0 unspecified atom stereocenters. The van der Waals surface area contributed by atoms with E-state index in [2.05, 4.69) is 5.32 Å². The second kappa shape index (κ2) is 8.78. The van der Waals surface area contributed by atoms with Crippen LogP contribution in [0.3, 0.4) is 0 Å². The normalized spacial score (nSPS) is 14.9. The molecule has 0 atom stereocenters. The van der Waals surface area contributed by atoms with E-state index >= 15 is 0 Å². The number of nitro benzene ring substituents is 1. The maximum Gasteiger partial charge on any atom is 0.418 e. The Morgan fingerprint density at radius 3 is 2.43 bits per heavy atom. The highest BCUT2D eigenvalue weighted by atomic mass is 35.5. The third-order valence-electron chi connectivity index (χ3n) is 4.72. The molecular weight excluding hydrogens is 425 g/mol. The number of nitrogens with one attached hydrogen (secondary N) is 1. The Hall–Kier alpha value is -3.01. The van der Waals surface area contributed by atoms with Crippen LogP contribution >= 0.6 is 11.6 Å². The molecular formula is C19H18ClF3N4O3. The van der Waals surface area contributed by atoms with Gasteiger partial charge in [0.2, 0.25) is 0 Å². The second-order valence-corrected chi connectivity index (χ2v) is 7.11. The standard InChI is InChI=1S/C19H18ClF3N4O3/c20-15-12-16(17(27(29)30)11-14(15)19(21,22)23)25-7-4-8-26(10-9-25)18(28)24-13-5-2-1-3-6-13/h1-3,5-6,11-12H,4,7-10H2,(H,24,28). The van der Waals surface area contributed by atoms with Crippen molar-refractivity contribution in [3.63, 3.8) is 0 Å². The van der Waals surface area contributed by atoms with Gasteiger partial charge in [0.1, 0.15) is 5.69 Å². The van der Waals surface area contributed by atoms with Crippen molar-refractivity contribution < 1.29 is 22.9 Å². The zero-order valence-electron chi connectivity index (χ0n) is 15.7. The van der Waals surface area contributed by atoms with Crippen LogP contribution in [0.5, 0.6) is 0 Å². The Morgan fingerprint density at radius 1 is 1.10 bits per heavy atom. The van der Waals surface area contributed by atoms with Crippen LogP contribution in [0.25, 0.3) is 0 Å². The van der Waals surface area contributed by atoms with Gasteiger partial charge < -0.3 is 15.1 Å². The van der Waals surface area contributed by atoms with E-state index in [1.165, 1.54) is 0 Å². The first-order chi connectivity index (χ1) is 14.2. The maximum absolute atomic E-state index is 13.1. The molecule has 0 bridgehead atoms. The number of urea groups is 1. The van der Waals surface area contributed by atoms with E-state index < -0.39 is 27.4 Å². The number of hydrogen-bond donors (Lipinski definition) is 1. The van der Waals surface area contributed by atoms with E-state index in [-0.39, 0.29) is 24.8 Å². The van der Waals surface area contributed by atoms with Crippen LogP contribution in [0.2, 0.25) is 5.02 Å². The molecule has 30 heavy (non-hydrogen) atoms. The highest BCUT2D eigenvalue weighted by Gasteiger charge is 2.37. The van der Waals surface area contributed by atoms with Gasteiger partial charge in [0.25, 0.3) is 5.69 Å². The van der Waals surface area contributed by atoms with Crippen molar-refractivity contribution in [3.05, 3.63) is 63.2 Å². The van der Waals surface area contributed by atoms with Gasteiger partial charge in [0.05, 0.1) is 15.5 Å². The Balaban J connectivity index is 1.78. The summed E-state index contributed by atoms with van der Waals surface area (Å²) in [5.74, 6) is 0. The molecule has 0 saturated carbocycles. The molecule has 0 radical (unpaired) electrons. The summed E-state index contributed by atoms with van der Waals surface area (Å²) in [6.45, 7) is 1.19. The quantitative estimate of drug-likeness (QED) is 0.535. The monoisotopic (exact) mass is 442 g/mol. The summed E-state index contributed by atoms with van der Waals surface area (Å²) >= 11 is 5.78. The smallest absolute Gasteiger partial charge is 0.364 e. The third kappa shape index (κ3) is 4.93. The lowest BCUT2D eigenvalue weighted by Crippen LogP contribution is -2.38. The van der Waals surface area contributed by atoms with Gasteiger partial charge in [0, 0.05) is 37.9 Å². The molecule has 1 fully saturated rings. The number of rotatable bonds is 3. The van der Waals surface area contributed by atoms with Gasteiger partial charge in [-0.3, -0.25) is 10.1 Å². The van der Waals surface area contributed by atoms with Crippen molar-refractivity contribution in [1.82, 2.24) is 4.90 Å². The zero-order valence-corrected chi connectivity index (χ0v) is 16.4. The average Bonchev–Trinajstić information content (AvgIpc) is 2.93. The molecule has 1 N–H and O–H groups in total. The number of carbonyl (C=O) groups excluding carboxylic acids is 1. The Kier molecular flexibility index (Phi) is 6.35. The van der Waals surface area contributed by atoms with Crippen molar-refractivity contribution in [2.75, 3.05) is 36.4 Å². The van der Waals surface area contributed by atoms with Crippen LogP contribution in [-0.2, 0) is 6.18 Å². The van der Waals surface area contributed by atoms with Crippen LogP contribution in [0.4, 0.5) is 35.0 Å². The van der Waals surface area contributed by atoms with E-state index in [1.807, 2.05) is 6.07 Å². The van der Waals surface area contributed by atoms with Crippen LogP contribution in [0, 0.1) is 10.1 Å². The molecule has 2 aromatic carbocycles. The fourth-order valence-electron chi connectivity index (χ4n) is 3.25. The number of anilines is 2. The molecule has 2 amide bonds. The molecule has 1 saturated heterocycles. The van der Waals surface area contributed by atoms with Crippen molar-refractivity contribution >= 4 is 34.7 Å². The number of amides is 2. The van der Waals surface area contributed by atoms with E-state index in [4.69, 9.17) is 11.6 Å². The SMILES string of the molecule is O=C(Nc1ccccc1)N1CCCN(c2cc(Cl)c(C(F)(F)F)cc2[N+](=O)[O-])CC1. The van der Waals surface area contributed by atoms with Gasteiger partial charge in [-0.25, -0.2) is 4.79 Å². The predicted molar refractivity (Wildman–Crippen MR) is 107 cm³/mol. The van der Waals surface area contributed by atoms with Gasteiger partial charge in [0.15, 0.2) is 0 Å². The fourth-order valence-corrected chi connectivity index (χ4v) is 3.52. The number of benzene rings is 2. The molecule has 1 aliphatic heterocycles. The molecule has 160 valence electrons. The van der Waals surface area contributed by atoms with Gasteiger partial charge in [-0.05, 0) is 24.6 Å². The van der Waals surface area contributed by atoms with Crippen molar-refractivity contribution in [2.45, 2.75) is 12.6 Å². The molecule has 0 spiro atoms. The number of nitro groups is 1. The van der Waals surface area contributed by atoms with E-state index in [0.717, 1.165) is 6.07 Å². The van der Waals surface area contributed by atoms with Crippen molar-refractivity contribution in [3.8, 4) is 0 Å². The third-order valence-corrected chi connectivity index (χ3v) is 5.03. The van der Waals surface area contributed by atoms with Gasteiger partial charge >= 0.3 is 12.2 Å². The maximum atomic E-state index is 13.1. The van der Waals surface area contributed by atoms with E-state index in [0.29, 0.717) is 31.3 Å². The first-order valence-corrected chi connectivity index (χ1v) is 9.45. The lowest BCUT2D eigenvalue weighted by atomic mass is 10.1. The molecule has 11 heteroatoms. The summed E-state index contributed by atoms with van der Waals surface area (Å²) < 4.78 is 39.2. The molecule has 7 nitrogen and oxygen atoms in total. The van der Waals surface area contributed by atoms with Gasteiger partial charge in [-0.15, -0.1) is 0 Å². The Labute approximate surface area is 175 Å². The molecule has 0 aromatic heterocycles.